The van der Waals surface area contributed by atoms with Crippen molar-refractivity contribution in [3.8, 4) is 0 Å². The molecule has 0 spiro atoms. The van der Waals surface area contributed by atoms with Gasteiger partial charge in [-0.05, 0) is 43.3 Å². The average molecular weight is 379 g/mol. The number of thioether (sulfide) groups is 1. The van der Waals surface area contributed by atoms with Crippen molar-refractivity contribution in [2.24, 2.45) is 0 Å². The first-order valence-corrected chi connectivity index (χ1v) is 8.36. The van der Waals surface area contributed by atoms with Gasteiger partial charge >= 0.3 is 5.97 Å². The molecule has 5 nitrogen and oxygen atoms in total. The summed E-state index contributed by atoms with van der Waals surface area (Å²) >= 11 is 0.232. The summed E-state index contributed by atoms with van der Waals surface area (Å²) in [6.45, 7) is 0.859. The largest absolute Gasteiger partial charge is 0.452 e. The summed E-state index contributed by atoms with van der Waals surface area (Å²) in [5, 5.41) is 2.51. The number of amides is 1. The van der Waals surface area contributed by atoms with Crippen LogP contribution in [0.1, 0.15) is 27.6 Å². The lowest BCUT2D eigenvalue weighted by Gasteiger charge is -2.09. The second-order valence-electron chi connectivity index (χ2n) is 5.13. The molecule has 0 aliphatic carbocycles. The molecule has 2 aromatic rings. The third kappa shape index (κ3) is 5.66. The van der Waals surface area contributed by atoms with Crippen molar-refractivity contribution in [2.75, 3.05) is 11.9 Å². The number of ether oxygens (including phenoxy) is 1. The maximum absolute atomic E-state index is 12.5. The Morgan fingerprint density at radius 2 is 1.73 bits per heavy atom. The molecule has 0 aliphatic rings. The number of rotatable bonds is 7. The fourth-order valence-corrected chi connectivity index (χ4v) is 2.66. The molecule has 0 saturated heterocycles. The van der Waals surface area contributed by atoms with Crippen LogP contribution in [0.25, 0.3) is 0 Å². The summed E-state index contributed by atoms with van der Waals surface area (Å²) in [4.78, 5) is 35.1. The lowest BCUT2D eigenvalue weighted by molar-refractivity contribution is -0.119. The molecule has 0 atom stereocenters. The lowest BCUT2D eigenvalue weighted by atomic mass is 10.1. The number of carbonyl (C=O) groups is 3. The van der Waals surface area contributed by atoms with E-state index in [1.165, 1.54) is 31.2 Å². The Morgan fingerprint density at radius 3 is 2.35 bits per heavy atom. The van der Waals surface area contributed by atoms with Gasteiger partial charge in [-0.2, -0.15) is 8.78 Å². The summed E-state index contributed by atoms with van der Waals surface area (Å²) in [6.07, 6.45) is 0. The van der Waals surface area contributed by atoms with Crippen LogP contribution in [-0.4, -0.2) is 30.0 Å². The van der Waals surface area contributed by atoms with Crippen molar-refractivity contribution in [3.05, 3.63) is 59.7 Å². The number of carbonyl (C=O) groups excluding carboxylic acids is 3. The quantitative estimate of drug-likeness (QED) is 0.447. The Morgan fingerprint density at radius 1 is 1.08 bits per heavy atom. The fourth-order valence-electron chi connectivity index (χ4n) is 2.03. The van der Waals surface area contributed by atoms with Crippen LogP contribution in [0.3, 0.4) is 0 Å². The Balaban J connectivity index is 1.93. The van der Waals surface area contributed by atoms with Gasteiger partial charge in [-0.3, -0.25) is 9.59 Å². The molecule has 8 heteroatoms. The first kappa shape index (κ1) is 19.6. The monoisotopic (exact) mass is 379 g/mol. The predicted molar refractivity (Wildman–Crippen MR) is 93.7 cm³/mol. The van der Waals surface area contributed by atoms with E-state index in [4.69, 9.17) is 4.74 Å². The van der Waals surface area contributed by atoms with E-state index < -0.39 is 24.2 Å². The molecule has 136 valence electrons. The standard InChI is InChI=1S/C18H15F2NO4S/c1-11(22)12-6-8-13(9-7-12)21-16(23)10-25-17(24)14-4-2-3-5-15(14)26-18(19)20/h2-9,18H,10H2,1H3,(H,21,23). The van der Waals surface area contributed by atoms with Crippen LogP contribution in [0.5, 0.6) is 0 Å². The number of nitrogens with one attached hydrogen (secondary N) is 1. The first-order chi connectivity index (χ1) is 12.4. The summed E-state index contributed by atoms with van der Waals surface area (Å²) in [5.74, 6) is -4.23. The SMILES string of the molecule is CC(=O)c1ccc(NC(=O)COC(=O)c2ccccc2SC(F)F)cc1. The van der Waals surface area contributed by atoms with E-state index in [1.54, 1.807) is 24.3 Å². The van der Waals surface area contributed by atoms with E-state index in [0.717, 1.165) is 0 Å². The lowest BCUT2D eigenvalue weighted by Crippen LogP contribution is -2.21. The van der Waals surface area contributed by atoms with Gasteiger partial charge in [-0.1, -0.05) is 23.9 Å². The van der Waals surface area contributed by atoms with Crippen LogP contribution in [0.2, 0.25) is 0 Å². The molecule has 2 aromatic carbocycles. The predicted octanol–water partition coefficient (Wildman–Crippen LogP) is 4.00. The van der Waals surface area contributed by atoms with Gasteiger partial charge in [0, 0.05) is 16.1 Å². The molecule has 0 radical (unpaired) electrons. The molecule has 0 unspecified atom stereocenters. The molecule has 0 fully saturated rings. The number of alkyl halides is 2. The van der Waals surface area contributed by atoms with Crippen LogP contribution in [0.4, 0.5) is 14.5 Å². The van der Waals surface area contributed by atoms with Crippen molar-refractivity contribution < 1.29 is 27.9 Å². The molecule has 1 amide bonds. The van der Waals surface area contributed by atoms with Gasteiger partial charge in [0.15, 0.2) is 12.4 Å². The van der Waals surface area contributed by atoms with Crippen molar-refractivity contribution >= 4 is 35.1 Å². The van der Waals surface area contributed by atoms with E-state index in [2.05, 4.69) is 5.32 Å². The minimum atomic E-state index is -2.68. The average Bonchev–Trinajstić information content (AvgIpc) is 2.60. The molecular weight excluding hydrogens is 364 g/mol. The van der Waals surface area contributed by atoms with Crippen molar-refractivity contribution in [2.45, 2.75) is 17.6 Å². The smallest absolute Gasteiger partial charge is 0.339 e. The number of Topliss-reactive ketones (excluding diaryl/α,β-unsaturated/α-hetero) is 1. The first-order valence-electron chi connectivity index (χ1n) is 7.48. The highest BCUT2D eigenvalue weighted by atomic mass is 32.2. The maximum Gasteiger partial charge on any atom is 0.339 e. The number of hydrogen-bond acceptors (Lipinski definition) is 5. The normalized spacial score (nSPS) is 10.5. The Hall–Kier alpha value is -2.74. The van der Waals surface area contributed by atoms with Gasteiger partial charge in [0.05, 0.1) is 5.56 Å². The van der Waals surface area contributed by atoms with Crippen LogP contribution in [0.15, 0.2) is 53.4 Å². The van der Waals surface area contributed by atoms with Gasteiger partial charge in [0.1, 0.15) is 0 Å². The summed E-state index contributed by atoms with van der Waals surface area (Å²) in [5.41, 5.74) is 0.906. The molecule has 26 heavy (non-hydrogen) atoms. The highest BCUT2D eigenvalue weighted by Crippen LogP contribution is 2.28. The zero-order valence-corrected chi connectivity index (χ0v) is 14.5. The molecule has 1 N–H and O–H groups in total. The third-order valence-electron chi connectivity index (χ3n) is 3.23. The second-order valence-corrected chi connectivity index (χ2v) is 6.16. The Bertz CT molecular complexity index is 809. The van der Waals surface area contributed by atoms with E-state index in [1.807, 2.05) is 0 Å². The minimum Gasteiger partial charge on any atom is -0.452 e. The fraction of sp³-hybridized carbons (Fsp3) is 0.167. The van der Waals surface area contributed by atoms with E-state index in [-0.39, 0.29) is 28.0 Å². The number of halogens is 2. The Labute approximate surface area is 152 Å². The minimum absolute atomic E-state index is 0.0311. The zero-order chi connectivity index (χ0) is 19.1. The van der Waals surface area contributed by atoms with Crippen LogP contribution < -0.4 is 5.32 Å². The summed E-state index contributed by atoms with van der Waals surface area (Å²) < 4.78 is 29.9. The zero-order valence-electron chi connectivity index (χ0n) is 13.7. The number of esters is 1. The number of benzene rings is 2. The molecule has 0 bridgehead atoms. The van der Waals surface area contributed by atoms with E-state index in [9.17, 15) is 23.2 Å². The number of hydrogen-bond donors (Lipinski definition) is 1. The number of anilines is 1. The van der Waals surface area contributed by atoms with Crippen molar-refractivity contribution in [3.63, 3.8) is 0 Å². The van der Waals surface area contributed by atoms with E-state index >= 15 is 0 Å². The molecule has 2 rings (SSSR count). The highest BCUT2D eigenvalue weighted by molar-refractivity contribution is 7.99. The van der Waals surface area contributed by atoms with Gasteiger partial charge < -0.3 is 10.1 Å². The molecule has 0 heterocycles. The molecule has 0 saturated carbocycles. The third-order valence-corrected chi connectivity index (χ3v) is 4.02. The summed E-state index contributed by atoms with van der Waals surface area (Å²) in [6, 6.07) is 12.0. The van der Waals surface area contributed by atoms with Gasteiger partial charge in [-0.25, -0.2) is 4.79 Å². The van der Waals surface area contributed by atoms with Gasteiger partial charge in [-0.15, -0.1) is 0 Å². The van der Waals surface area contributed by atoms with Crippen LogP contribution in [-0.2, 0) is 9.53 Å². The molecular formula is C18H15F2NO4S. The topological polar surface area (TPSA) is 72.5 Å². The second kappa shape index (κ2) is 9.10. The maximum atomic E-state index is 12.5. The van der Waals surface area contributed by atoms with Crippen molar-refractivity contribution in [1.82, 2.24) is 0 Å². The number of ketones is 1. The van der Waals surface area contributed by atoms with E-state index in [0.29, 0.717) is 11.3 Å². The van der Waals surface area contributed by atoms with Gasteiger partial charge in [0.25, 0.3) is 11.7 Å². The van der Waals surface area contributed by atoms with Crippen LogP contribution >= 0.6 is 11.8 Å². The van der Waals surface area contributed by atoms with Gasteiger partial charge in [0.2, 0.25) is 0 Å². The van der Waals surface area contributed by atoms with Crippen LogP contribution in [0, 0.1) is 0 Å². The highest BCUT2D eigenvalue weighted by Gasteiger charge is 2.17. The summed E-state index contributed by atoms with van der Waals surface area (Å²) in [7, 11) is 0. The molecule has 0 aromatic heterocycles. The van der Waals surface area contributed by atoms with Crippen molar-refractivity contribution in [1.29, 1.82) is 0 Å². The Kier molecular flexibility index (Phi) is 6.85. The molecule has 0 aliphatic heterocycles.